The number of ether oxygens (including phenoxy) is 3. The number of nitrogens with two attached hydrogens (primary N) is 1. The second-order valence-corrected chi connectivity index (χ2v) is 10.1. The van der Waals surface area contributed by atoms with Crippen molar-refractivity contribution in [1.82, 2.24) is 0 Å². The van der Waals surface area contributed by atoms with Crippen LogP contribution in [0.2, 0.25) is 0 Å². The number of Topliss-reactive ketones (excluding diaryl/α,β-unsaturated/α-hetero) is 1. The summed E-state index contributed by atoms with van der Waals surface area (Å²) in [5.41, 5.74) is 2.97. The molecule has 6 atom stereocenters. The van der Waals surface area contributed by atoms with E-state index in [1.807, 2.05) is 0 Å². The Hall–Kier alpha value is -3.35. The summed E-state index contributed by atoms with van der Waals surface area (Å²) in [7, 11) is 1.34. The molecule has 1 fully saturated rings. The predicted octanol–water partition coefficient (Wildman–Crippen LogP) is 1.03. The van der Waals surface area contributed by atoms with Crippen LogP contribution in [0, 0.1) is 0 Å². The molecule has 3 aliphatic rings. The summed E-state index contributed by atoms with van der Waals surface area (Å²) in [5.74, 6) is -3.18. The third kappa shape index (κ3) is 3.81. The molecule has 0 radical (unpaired) electrons. The zero-order valence-corrected chi connectivity index (χ0v) is 21.1. The van der Waals surface area contributed by atoms with E-state index in [-0.39, 0.29) is 40.8 Å². The molecule has 1 aliphatic heterocycles. The maximum atomic E-state index is 13.6. The number of phenols is 2. The molecule has 0 saturated carbocycles. The van der Waals surface area contributed by atoms with Crippen LogP contribution in [0.25, 0.3) is 0 Å². The zero-order valence-electron chi connectivity index (χ0n) is 21.1. The second kappa shape index (κ2) is 9.14. The second-order valence-electron chi connectivity index (χ2n) is 10.1. The van der Waals surface area contributed by atoms with Crippen LogP contribution in [0.1, 0.15) is 75.8 Å². The lowest BCUT2D eigenvalue weighted by atomic mass is 9.72. The van der Waals surface area contributed by atoms with E-state index in [1.165, 1.54) is 32.2 Å². The highest BCUT2D eigenvalue weighted by Crippen LogP contribution is 2.52. The van der Waals surface area contributed by atoms with Gasteiger partial charge in [0.2, 0.25) is 5.78 Å². The number of ketones is 3. The molecule has 38 heavy (non-hydrogen) atoms. The van der Waals surface area contributed by atoms with Crippen LogP contribution in [0.5, 0.6) is 17.2 Å². The molecule has 0 unspecified atom stereocenters. The van der Waals surface area contributed by atoms with Crippen molar-refractivity contribution in [3.8, 4) is 17.2 Å². The minimum absolute atomic E-state index is 0.0147. The van der Waals surface area contributed by atoms with Gasteiger partial charge < -0.3 is 40.4 Å². The molecule has 0 spiro atoms. The zero-order chi connectivity index (χ0) is 27.7. The molecule has 2 aromatic rings. The van der Waals surface area contributed by atoms with E-state index in [1.54, 1.807) is 6.92 Å². The molecule has 1 heterocycles. The lowest BCUT2D eigenvalue weighted by Gasteiger charge is -2.42. The Kier molecular flexibility index (Phi) is 6.32. The van der Waals surface area contributed by atoms with Gasteiger partial charge in [-0.2, -0.15) is 0 Å². The van der Waals surface area contributed by atoms with Crippen LogP contribution in [0.3, 0.4) is 0 Å². The number of carbonyl (C=O) groups excluding carboxylic acids is 3. The number of phenolic OH excluding ortho intramolecular Hbond substituents is 2. The van der Waals surface area contributed by atoms with Gasteiger partial charge in [-0.15, -0.1) is 0 Å². The molecule has 6 N–H and O–H groups in total. The summed E-state index contributed by atoms with van der Waals surface area (Å²) in [6, 6.07) is 3.75. The van der Waals surface area contributed by atoms with E-state index in [2.05, 4.69) is 0 Å². The first-order chi connectivity index (χ1) is 17.9. The molecular weight excluding hydrogens is 498 g/mol. The molecule has 0 bridgehead atoms. The molecule has 0 aromatic heterocycles. The van der Waals surface area contributed by atoms with Gasteiger partial charge in [0.15, 0.2) is 17.9 Å². The highest BCUT2D eigenvalue weighted by Gasteiger charge is 2.49. The molecule has 11 nitrogen and oxygen atoms in total. The van der Waals surface area contributed by atoms with E-state index in [0.29, 0.717) is 0 Å². The lowest BCUT2D eigenvalue weighted by molar-refractivity contribution is -0.247. The first-order valence-corrected chi connectivity index (χ1v) is 12.2. The summed E-state index contributed by atoms with van der Waals surface area (Å²) >= 11 is 0. The van der Waals surface area contributed by atoms with E-state index in [9.17, 15) is 34.8 Å². The van der Waals surface area contributed by atoms with Gasteiger partial charge in [0.1, 0.15) is 22.8 Å². The third-order valence-corrected chi connectivity index (χ3v) is 7.80. The number of hydrogen-bond acceptors (Lipinski definition) is 11. The van der Waals surface area contributed by atoms with Gasteiger partial charge >= 0.3 is 0 Å². The molecular formula is C27H29NO10. The lowest BCUT2D eigenvalue weighted by Crippen LogP contribution is -2.52. The smallest absolute Gasteiger partial charge is 0.202 e. The van der Waals surface area contributed by atoms with E-state index < -0.39 is 82.6 Å². The number of benzene rings is 2. The van der Waals surface area contributed by atoms with E-state index in [4.69, 9.17) is 19.9 Å². The van der Waals surface area contributed by atoms with Crippen LogP contribution < -0.4 is 10.5 Å². The van der Waals surface area contributed by atoms with Crippen LogP contribution in [-0.4, -0.2) is 75.0 Å². The fourth-order valence-electron chi connectivity index (χ4n) is 5.66. The Bertz CT molecular complexity index is 1360. The largest absolute Gasteiger partial charge is 0.507 e. The Morgan fingerprint density at radius 2 is 1.82 bits per heavy atom. The summed E-state index contributed by atoms with van der Waals surface area (Å²) in [4.78, 5) is 39.6. The van der Waals surface area contributed by atoms with Crippen molar-refractivity contribution in [3.05, 3.63) is 51.6 Å². The van der Waals surface area contributed by atoms with Crippen molar-refractivity contribution in [1.29, 1.82) is 0 Å². The minimum atomic E-state index is -2.00. The normalized spacial score (nSPS) is 30.3. The quantitative estimate of drug-likeness (QED) is 0.305. The van der Waals surface area contributed by atoms with Gasteiger partial charge in [0.05, 0.1) is 42.1 Å². The number of aromatic hydroxyl groups is 2. The molecule has 11 heteroatoms. The average Bonchev–Trinajstić information content (AvgIpc) is 2.87. The van der Waals surface area contributed by atoms with Gasteiger partial charge in [0.25, 0.3) is 0 Å². The highest BCUT2D eigenvalue weighted by atomic mass is 16.7. The number of aliphatic hydroxyl groups is 2. The standard InChI is InChI=1S/C27H29NO10/c1-10-22(30)14(28)7-17(37-10)38-16-9-27(35,11(2)29)8-13-19(16)26(34)21-20(24(13)32)23(31)12-5-4-6-15(36-3)18(12)25(21)33/h4-6,10,14,16-17,22,30,32,34-35H,7-9,28H2,1-3H3/t10-,14-,16-,17+,22+,27-/m0/s1. The van der Waals surface area contributed by atoms with Crippen molar-refractivity contribution in [2.45, 2.75) is 69.4 Å². The van der Waals surface area contributed by atoms with Gasteiger partial charge in [-0.1, -0.05) is 12.1 Å². The first-order valence-electron chi connectivity index (χ1n) is 12.2. The van der Waals surface area contributed by atoms with Crippen molar-refractivity contribution >= 4 is 17.3 Å². The predicted molar refractivity (Wildman–Crippen MR) is 130 cm³/mol. The number of fused-ring (bicyclic) bond motifs is 3. The number of carbonyl (C=O) groups is 3. The van der Waals surface area contributed by atoms with Crippen molar-refractivity contribution in [2.24, 2.45) is 5.73 Å². The fraction of sp³-hybridized carbons (Fsp3) is 0.444. The van der Waals surface area contributed by atoms with Crippen LogP contribution in [-0.2, 0) is 20.7 Å². The number of hydrogen-bond donors (Lipinski definition) is 5. The summed E-state index contributed by atoms with van der Waals surface area (Å²) in [6.45, 7) is 2.79. The fourth-order valence-corrected chi connectivity index (χ4v) is 5.66. The Labute approximate surface area is 217 Å². The topological polar surface area (TPSA) is 186 Å². The molecule has 2 aliphatic carbocycles. The summed E-state index contributed by atoms with van der Waals surface area (Å²) < 4.78 is 17.1. The Morgan fingerprint density at radius 1 is 1.13 bits per heavy atom. The maximum Gasteiger partial charge on any atom is 0.202 e. The van der Waals surface area contributed by atoms with E-state index in [0.717, 1.165) is 0 Å². The van der Waals surface area contributed by atoms with Gasteiger partial charge in [-0.05, 0) is 19.9 Å². The van der Waals surface area contributed by atoms with Crippen LogP contribution in [0.4, 0.5) is 0 Å². The van der Waals surface area contributed by atoms with Gasteiger partial charge in [-0.3, -0.25) is 14.4 Å². The SMILES string of the molecule is COc1cccc2c1C(=O)c1c(O)c3c(c(O)c1C2=O)C[C@@](O)(C(C)=O)C[C@@H]3O[C@@H]1C[C@H](N)[C@H](O)[C@H](C)O1. The Balaban J connectivity index is 1.68. The molecule has 1 saturated heterocycles. The van der Waals surface area contributed by atoms with Crippen molar-refractivity contribution < 1.29 is 49.0 Å². The Morgan fingerprint density at radius 3 is 2.45 bits per heavy atom. The minimum Gasteiger partial charge on any atom is -0.507 e. The van der Waals surface area contributed by atoms with Crippen LogP contribution in [0.15, 0.2) is 18.2 Å². The summed E-state index contributed by atoms with van der Waals surface area (Å²) in [5, 5.41) is 44.1. The number of aliphatic hydroxyl groups excluding tert-OH is 1. The number of rotatable bonds is 4. The van der Waals surface area contributed by atoms with Crippen LogP contribution >= 0.6 is 0 Å². The molecule has 202 valence electrons. The van der Waals surface area contributed by atoms with Gasteiger partial charge in [0, 0.05) is 42.0 Å². The highest BCUT2D eigenvalue weighted by molar-refractivity contribution is 6.31. The third-order valence-electron chi connectivity index (χ3n) is 7.80. The van der Waals surface area contributed by atoms with Crippen molar-refractivity contribution in [3.63, 3.8) is 0 Å². The van der Waals surface area contributed by atoms with E-state index >= 15 is 0 Å². The number of methoxy groups -OCH3 is 1. The molecule has 0 amide bonds. The average molecular weight is 528 g/mol. The monoisotopic (exact) mass is 527 g/mol. The summed E-state index contributed by atoms with van der Waals surface area (Å²) in [6.07, 6.45) is -4.53. The molecule has 2 aromatic carbocycles. The van der Waals surface area contributed by atoms with Gasteiger partial charge in [-0.25, -0.2) is 0 Å². The van der Waals surface area contributed by atoms with Crippen molar-refractivity contribution in [2.75, 3.05) is 7.11 Å². The first kappa shape index (κ1) is 26.3. The molecule has 5 rings (SSSR count). The maximum absolute atomic E-state index is 13.6.